The third-order valence-corrected chi connectivity index (χ3v) is 3.76. The Balaban J connectivity index is 2.55. The van der Waals surface area contributed by atoms with Gasteiger partial charge in [-0.25, -0.2) is 0 Å². The van der Waals surface area contributed by atoms with E-state index in [1.807, 2.05) is 6.07 Å². The third-order valence-electron chi connectivity index (χ3n) is 3.76. The molecule has 1 aliphatic rings. The minimum absolute atomic E-state index is 0.0360. The van der Waals surface area contributed by atoms with E-state index in [0.29, 0.717) is 12.1 Å². The maximum Gasteiger partial charge on any atom is 0.137 e. The molecular formula is C13H16N2O2. The monoisotopic (exact) mass is 232 g/mol. The molecule has 0 spiro atoms. The summed E-state index contributed by atoms with van der Waals surface area (Å²) in [5, 5.41) is 28.4. The zero-order chi connectivity index (χ0) is 12.5. The Morgan fingerprint density at radius 3 is 2.41 bits per heavy atom. The highest BCUT2D eigenvalue weighted by Gasteiger charge is 2.36. The molecule has 0 heterocycles. The van der Waals surface area contributed by atoms with Gasteiger partial charge >= 0.3 is 0 Å². The lowest BCUT2D eigenvalue weighted by molar-refractivity contribution is 0.399. The Morgan fingerprint density at radius 2 is 1.88 bits per heavy atom. The molecule has 4 nitrogen and oxygen atoms in total. The van der Waals surface area contributed by atoms with Crippen LogP contribution in [0.3, 0.4) is 0 Å². The maximum absolute atomic E-state index is 9.94. The summed E-state index contributed by atoms with van der Waals surface area (Å²) in [4.78, 5) is 0. The second kappa shape index (κ2) is 4.27. The third kappa shape index (κ3) is 1.83. The van der Waals surface area contributed by atoms with Gasteiger partial charge in [-0.2, -0.15) is 5.26 Å². The van der Waals surface area contributed by atoms with E-state index in [4.69, 9.17) is 11.0 Å². The van der Waals surface area contributed by atoms with Gasteiger partial charge in [0.2, 0.25) is 0 Å². The van der Waals surface area contributed by atoms with Crippen LogP contribution in [0.2, 0.25) is 0 Å². The Kier molecular flexibility index (Phi) is 2.95. The summed E-state index contributed by atoms with van der Waals surface area (Å²) in [5.74, 6) is -0.146. The van der Waals surface area contributed by atoms with Crippen LogP contribution in [0.5, 0.6) is 11.5 Å². The molecule has 0 atom stereocenters. The molecule has 0 radical (unpaired) electrons. The van der Waals surface area contributed by atoms with Crippen LogP contribution in [-0.4, -0.2) is 16.8 Å². The van der Waals surface area contributed by atoms with Crippen molar-refractivity contribution in [2.24, 2.45) is 5.73 Å². The van der Waals surface area contributed by atoms with Crippen molar-refractivity contribution >= 4 is 0 Å². The van der Waals surface area contributed by atoms with Gasteiger partial charge < -0.3 is 15.9 Å². The van der Waals surface area contributed by atoms with Crippen molar-refractivity contribution in [3.63, 3.8) is 0 Å². The topological polar surface area (TPSA) is 90.3 Å². The first kappa shape index (κ1) is 11.7. The fraction of sp³-hybridized carbons (Fsp3) is 0.462. The number of rotatable bonds is 2. The zero-order valence-corrected chi connectivity index (χ0v) is 9.61. The van der Waals surface area contributed by atoms with E-state index in [0.717, 1.165) is 25.7 Å². The number of aromatic hydroxyl groups is 2. The van der Waals surface area contributed by atoms with Crippen molar-refractivity contribution in [3.05, 3.63) is 23.3 Å². The SMILES string of the molecule is N#Cc1cc(C2(CN)CCCC2)c(O)cc1O. The van der Waals surface area contributed by atoms with Crippen molar-refractivity contribution in [2.45, 2.75) is 31.1 Å². The van der Waals surface area contributed by atoms with E-state index in [1.54, 1.807) is 6.07 Å². The van der Waals surface area contributed by atoms with Crippen molar-refractivity contribution in [1.29, 1.82) is 5.26 Å². The molecule has 90 valence electrons. The van der Waals surface area contributed by atoms with Crippen LogP contribution in [0.25, 0.3) is 0 Å². The van der Waals surface area contributed by atoms with Crippen molar-refractivity contribution in [1.82, 2.24) is 0 Å². The van der Waals surface area contributed by atoms with Crippen molar-refractivity contribution in [3.8, 4) is 17.6 Å². The molecule has 1 fully saturated rings. The summed E-state index contributed by atoms with van der Waals surface area (Å²) < 4.78 is 0. The predicted molar refractivity (Wildman–Crippen MR) is 63.7 cm³/mol. The predicted octanol–water partition coefficient (Wildman–Crippen LogP) is 1.74. The molecule has 4 N–H and O–H groups in total. The summed E-state index contributed by atoms with van der Waals surface area (Å²) >= 11 is 0. The minimum atomic E-state index is -0.233. The average molecular weight is 232 g/mol. The molecule has 17 heavy (non-hydrogen) atoms. The van der Waals surface area contributed by atoms with Crippen LogP contribution in [0.4, 0.5) is 0 Å². The standard InChI is InChI=1S/C13H16N2O2/c14-7-9-5-10(12(17)6-11(9)16)13(8-15)3-1-2-4-13/h5-6,16-17H,1-4,8,15H2. The number of phenols is 2. The Hall–Kier alpha value is -1.73. The molecule has 0 aromatic heterocycles. The first-order valence-electron chi connectivity index (χ1n) is 5.79. The summed E-state index contributed by atoms with van der Waals surface area (Å²) in [6.07, 6.45) is 4.01. The molecule has 0 amide bonds. The van der Waals surface area contributed by atoms with E-state index in [-0.39, 0.29) is 22.5 Å². The van der Waals surface area contributed by atoms with Crippen LogP contribution < -0.4 is 5.73 Å². The summed E-state index contributed by atoms with van der Waals surface area (Å²) in [6.45, 7) is 0.455. The quantitative estimate of drug-likeness (QED) is 0.724. The van der Waals surface area contributed by atoms with Gasteiger partial charge in [0.05, 0.1) is 5.56 Å². The molecule has 0 aliphatic heterocycles. The number of hydrogen-bond acceptors (Lipinski definition) is 4. The van der Waals surface area contributed by atoms with Gasteiger partial charge in [-0.05, 0) is 18.9 Å². The van der Waals surface area contributed by atoms with Gasteiger partial charge in [-0.15, -0.1) is 0 Å². The molecule has 2 rings (SSSR count). The van der Waals surface area contributed by atoms with Crippen LogP contribution in [0.1, 0.15) is 36.8 Å². The highest BCUT2D eigenvalue weighted by molar-refractivity contribution is 5.53. The van der Waals surface area contributed by atoms with Crippen LogP contribution in [0, 0.1) is 11.3 Å². The van der Waals surface area contributed by atoms with Gasteiger partial charge in [0.15, 0.2) is 0 Å². The van der Waals surface area contributed by atoms with Gasteiger partial charge in [-0.1, -0.05) is 12.8 Å². The van der Waals surface area contributed by atoms with Gasteiger partial charge in [-0.3, -0.25) is 0 Å². The maximum atomic E-state index is 9.94. The summed E-state index contributed by atoms with van der Waals surface area (Å²) in [6, 6.07) is 4.74. The average Bonchev–Trinajstić information content (AvgIpc) is 2.79. The van der Waals surface area contributed by atoms with Gasteiger partial charge in [0.25, 0.3) is 0 Å². The summed E-state index contributed by atoms with van der Waals surface area (Å²) in [5.41, 5.74) is 6.50. The number of hydrogen-bond donors (Lipinski definition) is 3. The smallest absolute Gasteiger partial charge is 0.137 e. The number of nitrogens with zero attached hydrogens (tertiary/aromatic N) is 1. The fourth-order valence-corrected chi connectivity index (χ4v) is 2.73. The van der Waals surface area contributed by atoms with E-state index in [2.05, 4.69) is 0 Å². The Bertz CT molecular complexity index is 471. The van der Waals surface area contributed by atoms with E-state index < -0.39 is 0 Å². The molecule has 1 aromatic carbocycles. The zero-order valence-electron chi connectivity index (χ0n) is 9.61. The van der Waals surface area contributed by atoms with Crippen LogP contribution >= 0.6 is 0 Å². The molecule has 1 aromatic rings. The minimum Gasteiger partial charge on any atom is -0.508 e. The number of nitrogens with two attached hydrogens (primary N) is 1. The van der Waals surface area contributed by atoms with Crippen LogP contribution in [-0.2, 0) is 5.41 Å². The molecule has 0 bridgehead atoms. The summed E-state index contributed by atoms with van der Waals surface area (Å²) in [7, 11) is 0. The Morgan fingerprint density at radius 1 is 1.24 bits per heavy atom. The second-order valence-corrected chi connectivity index (χ2v) is 4.69. The van der Waals surface area contributed by atoms with E-state index >= 15 is 0 Å². The first-order valence-corrected chi connectivity index (χ1v) is 5.79. The Labute approximate surface area is 100 Å². The van der Waals surface area contributed by atoms with Crippen LogP contribution in [0.15, 0.2) is 12.1 Å². The van der Waals surface area contributed by atoms with E-state index in [9.17, 15) is 10.2 Å². The molecule has 1 saturated carbocycles. The molecule has 0 saturated heterocycles. The number of benzene rings is 1. The lowest BCUT2D eigenvalue weighted by atomic mass is 9.78. The highest BCUT2D eigenvalue weighted by Crippen LogP contribution is 2.45. The number of nitriles is 1. The lowest BCUT2D eigenvalue weighted by Gasteiger charge is -2.28. The first-order chi connectivity index (χ1) is 8.13. The molecule has 1 aliphatic carbocycles. The lowest BCUT2D eigenvalue weighted by Crippen LogP contribution is -2.32. The molecule has 0 unspecified atom stereocenters. The van der Waals surface area contributed by atoms with Crippen molar-refractivity contribution < 1.29 is 10.2 Å². The highest BCUT2D eigenvalue weighted by atomic mass is 16.3. The second-order valence-electron chi connectivity index (χ2n) is 4.69. The normalized spacial score (nSPS) is 17.9. The largest absolute Gasteiger partial charge is 0.508 e. The van der Waals surface area contributed by atoms with Gasteiger partial charge in [0.1, 0.15) is 17.6 Å². The van der Waals surface area contributed by atoms with E-state index in [1.165, 1.54) is 6.07 Å². The van der Waals surface area contributed by atoms with Gasteiger partial charge in [0, 0.05) is 23.6 Å². The number of phenolic OH excluding ortho intramolecular Hbond substituents is 2. The fourth-order valence-electron chi connectivity index (χ4n) is 2.73. The molecular weight excluding hydrogens is 216 g/mol. The molecule has 4 heteroatoms. The van der Waals surface area contributed by atoms with Crippen molar-refractivity contribution in [2.75, 3.05) is 6.54 Å².